The fraction of sp³-hybridized carbons (Fsp3) is 0.400. The number of carboxylic acid groups (broad SMARTS) is 1. The summed E-state index contributed by atoms with van der Waals surface area (Å²) in [6, 6.07) is 7.34. The Balaban J connectivity index is 0.000000406. The Hall–Kier alpha value is -3.32. The molecule has 0 radical (unpaired) electrons. The highest BCUT2D eigenvalue weighted by Gasteiger charge is 2.38. The predicted octanol–water partition coefficient (Wildman–Crippen LogP) is 1.98. The molecular formula is C20H22ClF3N6O4. The molecule has 184 valence electrons. The van der Waals surface area contributed by atoms with Crippen molar-refractivity contribution in [3.63, 3.8) is 0 Å². The Morgan fingerprint density at radius 3 is 2.38 bits per heavy atom. The van der Waals surface area contributed by atoms with Gasteiger partial charge in [-0.05, 0) is 18.6 Å². The van der Waals surface area contributed by atoms with Gasteiger partial charge in [0.05, 0.1) is 10.7 Å². The van der Waals surface area contributed by atoms with Crippen LogP contribution in [0.15, 0.2) is 33.9 Å². The van der Waals surface area contributed by atoms with E-state index >= 15 is 0 Å². The lowest BCUT2D eigenvalue weighted by atomic mass is 10.3. The summed E-state index contributed by atoms with van der Waals surface area (Å²) in [5, 5.41) is 11.0. The number of anilines is 1. The Morgan fingerprint density at radius 2 is 1.82 bits per heavy atom. The Kier molecular flexibility index (Phi) is 7.67. The van der Waals surface area contributed by atoms with Crippen LogP contribution in [0.2, 0.25) is 5.02 Å². The van der Waals surface area contributed by atoms with E-state index in [1.807, 2.05) is 25.1 Å². The van der Waals surface area contributed by atoms with E-state index in [0.29, 0.717) is 34.4 Å². The maximum absolute atomic E-state index is 12.8. The van der Waals surface area contributed by atoms with E-state index in [1.54, 1.807) is 10.6 Å². The monoisotopic (exact) mass is 502 g/mol. The minimum absolute atomic E-state index is 0.338. The third kappa shape index (κ3) is 5.25. The number of aromatic amines is 1. The molecule has 3 heterocycles. The largest absolute Gasteiger partial charge is 0.490 e. The van der Waals surface area contributed by atoms with E-state index in [4.69, 9.17) is 26.5 Å². The summed E-state index contributed by atoms with van der Waals surface area (Å²) >= 11 is 6.45. The number of nitrogens with one attached hydrogen (secondary N) is 2. The van der Waals surface area contributed by atoms with E-state index in [1.165, 1.54) is 4.57 Å². The number of alkyl halides is 3. The number of rotatable bonds is 4. The van der Waals surface area contributed by atoms with Crippen LogP contribution in [0.3, 0.4) is 0 Å². The molecule has 14 heteroatoms. The summed E-state index contributed by atoms with van der Waals surface area (Å²) in [6.07, 6.45) is -4.33. The third-order valence-electron chi connectivity index (χ3n) is 4.96. The average Bonchev–Trinajstić information content (AvgIpc) is 3.18. The van der Waals surface area contributed by atoms with Crippen LogP contribution in [0.1, 0.15) is 13.3 Å². The zero-order valence-corrected chi connectivity index (χ0v) is 18.8. The number of carboxylic acids is 1. The molecule has 3 aromatic rings. The first-order valence-corrected chi connectivity index (χ1v) is 10.7. The zero-order chi connectivity index (χ0) is 25.0. The van der Waals surface area contributed by atoms with E-state index < -0.39 is 23.4 Å². The van der Waals surface area contributed by atoms with Crippen molar-refractivity contribution in [2.75, 3.05) is 31.1 Å². The lowest BCUT2D eigenvalue weighted by molar-refractivity contribution is -0.192. The average molecular weight is 503 g/mol. The van der Waals surface area contributed by atoms with Crippen LogP contribution in [0.25, 0.3) is 16.9 Å². The molecule has 1 fully saturated rings. The summed E-state index contributed by atoms with van der Waals surface area (Å²) in [7, 11) is 0. The minimum Gasteiger partial charge on any atom is -0.475 e. The second kappa shape index (κ2) is 10.3. The van der Waals surface area contributed by atoms with Gasteiger partial charge >= 0.3 is 17.8 Å². The molecule has 1 aliphatic rings. The van der Waals surface area contributed by atoms with Crippen LogP contribution in [-0.2, 0) is 11.3 Å². The molecule has 1 aromatic carbocycles. The smallest absolute Gasteiger partial charge is 0.475 e. The van der Waals surface area contributed by atoms with Gasteiger partial charge in [0.2, 0.25) is 5.95 Å². The molecule has 3 N–H and O–H groups in total. The molecule has 0 unspecified atom stereocenters. The highest BCUT2D eigenvalue weighted by atomic mass is 35.5. The third-order valence-corrected chi connectivity index (χ3v) is 5.28. The second-order valence-electron chi connectivity index (χ2n) is 7.32. The first kappa shape index (κ1) is 25.3. The van der Waals surface area contributed by atoms with Crippen LogP contribution in [0, 0.1) is 0 Å². The summed E-state index contributed by atoms with van der Waals surface area (Å²) in [6.45, 7) is 5.61. The van der Waals surface area contributed by atoms with Crippen molar-refractivity contribution in [1.29, 1.82) is 0 Å². The van der Waals surface area contributed by atoms with Gasteiger partial charge in [0, 0.05) is 32.7 Å². The summed E-state index contributed by atoms with van der Waals surface area (Å²) in [4.78, 5) is 43.3. The van der Waals surface area contributed by atoms with Gasteiger partial charge in [0.1, 0.15) is 0 Å². The quantitative estimate of drug-likeness (QED) is 0.498. The molecule has 0 saturated carbocycles. The van der Waals surface area contributed by atoms with Crippen molar-refractivity contribution in [2.24, 2.45) is 0 Å². The Labute approximate surface area is 195 Å². The number of H-pyrrole nitrogens is 1. The molecule has 1 aliphatic heterocycles. The van der Waals surface area contributed by atoms with Crippen LogP contribution in [0.4, 0.5) is 19.1 Å². The number of hydrogen-bond acceptors (Lipinski definition) is 6. The van der Waals surface area contributed by atoms with Crippen molar-refractivity contribution in [3.05, 3.63) is 50.1 Å². The van der Waals surface area contributed by atoms with Crippen LogP contribution < -0.4 is 21.5 Å². The number of piperazine rings is 1. The van der Waals surface area contributed by atoms with E-state index in [2.05, 4.69) is 15.2 Å². The van der Waals surface area contributed by atoms with Gasteiger partial charge in [0.25, 0.3) is 5.56 Å². The lowest BCUT2D eigenvalue weighted by Gasteiger charge is -2.28. The molecule has 34 heavy (non-hydrogen) atoms. The van der Waals surface area contributed by atoms with Gasteiger partial charge in [-0.1, -0.05) is 30.7 Å². The molecule has 4 rings (SSSR count). The molecule has 0 amide bonds. The van der Waals surface area contributed by atoms with Crippen molar-refractivity contribution in [1.82, 2.24) is 24.4 Å². The summed E-state index contributed by atoms with van der Waals surface area (Å²) < 4.78 is 35.0. The highest BCUT2D eigenvalue weighted by molar-refractivity contribution is 6.32. The first-order valence-electron chi connectivity index (χ1n) is 10.3. The number of hydrogen-bond donors (Lipinski definition) is 3. The number of aliphatic carboxylic acids is 1. The van der Waals surface area contributed by atoms with Crippen LogP contribution >= 0.6 is 11.6 Å². The maximum Gasteiger partial charge on any atom is 0.490 e. The number of halogens is 4. The number of imidazole rings is 1. The molecular weight excluding hydrogens is 481 g/mol. The number of carbonyl (C=O) groups is 1. The van der Waals surface area contributed by atoms with Crippen LogP contribution in [0.5, 0.6) is 0 Å². The van der Waals surface area contributed by atoms with Crippen molar-refractivity contribution in [2.45, 2.75) is 26.1 Å². The zero-order valence-electron chi connectivity index (χ0n) is 18.0. The first-order chi connectivity index (χ1) is 16.1. The SMILES string of the molecule is CCCn1c(=O)[nH]c(=O)c2c1nc(N1CCNCC1)n2-c1ccccc1Cl.O=C(O)C(F)(F)F. The molecule has 0 aliphatic carbocycles. The molecule has 0 atom stereocenters. The number of benzene rings is 1. The topological polar surface area (TPSA) is 125 Å². The van der Waals surface area contributed by atoms with Gasteiger partial charge in [-0.15, -0.1) is 0 Å². The number of fused-ring (bicyclic) bond motifs is 1. The highest BCUT2D eigenvalue weighted by Crippen LogP contribution is 2.29. The number of para-hydroxylation sites is 1. The number of nitrogens with zero attached hydrogens (tertiary/aromatic N) is 4. The molecule has 1 saturated heterocycles. The molecule has 0 bridgehead atoms. The fourth-order valence-electron chi connectivity index (χ4n) is 3.48. The van der Waals surface area contributed by atoms with Crippen molar-refractivity contribution < 1.29 is 23.1 Å². The Morgan fingerprint density at radius 1 is 1.21 bits per heavy atom. The second-order valence-corrected chi connectivity index (χ2v) is 7.73. The number of aromatic nitrogens is 4. The molecule has 10 nitrogen and oxygen atoms in total. The van der Waals surface area contributed by atoms with Gasteiger partial charge in [-0.25, -0.2) is 9.59 Å². The van der Waals surface area contributed by atoms with Crippen LogP contribution in [-0.4, -0.2) is 62.5 Å². The Bertz CT molecular complexity index is 1290. The van der Waals surface area contributed by atoms with E-state index in [-0.39, 0.29) is 0 Å². The van der Waals surface area contributed by atoms with E-state index in [0.717, 1.165) is 32.6 Å². The number of aryl methyl sites for hydroxylation is 1. The van der Waals surface area contributed by atoms with Gasteiger partial charge in [-0.2, -0.15) is 18.2 Å². The molecule has 0 spiro atoms. The standard InChI is InChI=1S/C18H21ClN6O2.C2HF3O2/c1-2-9-24-15-14(16(26)22-18(24)27)25(13-6-4-3-5-12(13)19)17(21-15)23-10-7-20-8-11-23;3-2(4,5)1(6)7/h3-6,20H,2,7-11H2,1H3,(H,22,26,27);(H,6,7). The van der Waals surface area contributed by atoms with Gasteiger partial charge < -0.3 is 15.3 Å². The fourth-order valence-corrected chi connectivity index (χ4v) is 3.70. The van der Waals surface area contributed by atoms with Crippen molar-refractivity contribution >= 4 is 34.7 Å². The van der Waals surface area contributed by atoms with Gasteiger partial charge in [-0.3, -0.25) is 18.9 Å². The summed E-state index contributed by atoms with van der Waals surface area (Å²) in [5.41, 5.74) is 0.493. The lowest BCUT2D eigenvalue weighted by Crippen LogP contribution is -2.44. The van der Waals surface area contributed by atoms with Crippen molar-refractivity contribution in [3.8, 4) is 5.69 Å². The predicted molar refractivity (Wildman–Crippen MR) is 120 cm³/mol. The minimum atomic E-state index is -5.08. The maximum atomic E-state index is 12.8. The van der Waals surface area contributed by atoms with Gasteiger partial charge in [0.15, 0.2) is 11.2 Å². The van der Waals surface area contributed by atoms with E-state index in [9.17, 15) is 22.8 Å². The molecule has 2 aromatic heterocycles. The summed E-state index contributed by atoms with van der Waals surface area (Å²) in [5.74, 6) is -2.13. The normalized spacial score (nSPS) is 14.1.